The SMILES string of the molecule is CCNCCOc1ccn2c(-c3cc(OC)c(C(=O)NC4CC4)c(OC(F)F)c3)cnc2c1. The third-order valence-corrected chi connectivity index (χ3v) is 5.22. The van der Waals surface area contributed by atoms with Gasteiger partial charge in [-0.1, -0.05) is 6.92 Å². The van der Waals surface area contributed by atoms with Gasteiger partial charge in [0.1, 0.15) is 35.1 Å². The molecule has 1 aliphatic rings. The maximum absolute atomic E-state index is 13.2. The minimum absolute atomic E-state index is 0.0502. The van der Waals surface area contributed by atoms with Gasteiger partial charge in [-0.15, -0.1) is 0 Å². The van der Waals surface area contributed by atoms with E-state index in [-0.39, 0.29) is 23.1 Å². The minimum atomic E-state index is -3.10. The number of likely N-dealkylation sites (N-methyl/N-ethyl adjacent to an activating group) is 1. The molecule has 1 fully saturated rings. The Morgan fingerprint density at radius 2 is 2.06 bits per heavy atom. The molecule has 1 aromatic carbocycles. The van der Waals surface area contributed by atoms with Crippen LogP contribution in [0.2, 0.25) is 0 Å². The summed E-state index contributed by atoms with van der Waals surface area (Å²) >= 11 is 0. The second-order valence-electron chi connectivity index (χ2n) is 7.61. The summed E-state index contributed by atoms with van der Waals surface area (Å²) in [6.45, 7) is 1.05. The molecule has 3 aromatic rings. The molecule has 8 nitrogen and oxygen atoms in total. The van der Waals surface area contributed by atoms with E-state index < -0.39 is 12.5 Å². The van der Waals surface area contributed by atoms with Crippen LogP contribution in [0.4, 0.5) is 8.78 Å². The van der Waals surface area contributed by atoms with Crippen molar-refractivity contribution in [3.63, 3.8) is 0 Å². The van der Waals surface area contributed by atoms with Crippen LogP contribution in [0.25, 0.3) is 16.9 Å². The van der Waals surface area contributed by atoms with E-state index in [0.29, 0.717) is 29.3 Å². The zero-order chi connectivity index (χ0) is 23.4. The molecule has 0 unspecified atom stereocenters. The third-order valence-electron chi connectivity index (χ3n) is 5.22. The van der Waals surface area contributed by atoms with Crippen molar-refractivity contribution in [2.24, 2.45) is 0 Å². The molecule has 4 rings (SSSR count). The molecule has 1 aliphatic carbocycles. The Labute approximate surface area is 189 Å². The van der Waals surface area contributed by atoms with Gasteiger partial charge in [0.05, 0.1) is 19.0 Å². The largest absolute Gasteiger partial charge is 0.496 e. The molecular weight excluding hydrogens is 434 g/mol. The Kier molecular flexibility index (Phi) is 6.93. The first-order valence-electron chi connectivity index (χ1n) is 10.8. The number of alkyl halides is 2. The number of halogens is 2. The molecule has 1 saturated carbocycles. The fourth-order valence-electron chi connectivity index (χ4n) is 3.48. The lowest BCUT2D eigenvalue weighted by molar-refractivity contribution is -0.0502. The van der Waals surface area contributed by atoms with Gasteiger partial charge < -0.3 is 24.8 Å². The molecule has 2 heterocycles. The van der Waals surface area contributed by atoms with Gasteiger partial charge >= 0.3 is 6.61 Å². The Balaban J connectivity index is 1.68. The van der Waals surface area contributed by atoms with Crippen LogP contribution in [-0.2, 0) is 0 Å². The van der Waals surface area contributed by atoms with Crippen molar-refractivity contribution in [1.29, 1.82) is 0 Å². The summed E-state index contributed by atoms with van der Waals surface area (Å²) in [5.41, 5.74) is 1.70. The standard InChI is InChI=1S/C23H26F2N4O4/c1-3-26-7-9-32-16-6-8-29-17(13-27-20(29)12-16)14-10-18(31-2)21(19(11-14)33-23(24)25)22(30)28-15-4-5-15/h6,8,10-13,15,23,26H,3-5,7,9H2,1-2H3,(H,28,30). The molecule has 0 atom stereocenters. The number of benzene rings is 1. The lowest BCUT2D eigenvalue weighted by Crippen LogP contribution is -2.26. The number of pyridine rings is 1. The van der Waals surface area contributed by atoms with Crippen molar-refractivity contribution < 1.29 is 27.8 Å². The average Bonchev–Trinajstić information content (AvgIpc) is 3.50. The first kappa shape index (κ1) is 22.8. The molecule has 2 N–H and O–H groups in total. The fourth-order valence-corrected chi connectivity index (χ4v) is 3.48. The van der Waals surface area contributed by atoms with Gasteiger partial charge in [-0.25, -0.2) is 4.98 Å². The van der Waals surface area contributed by atoms with E-state index in [1.54, 1.807) is 35.0 Å². The topological polar surface area (TPSA) is 86.1 Å². The van der Waals surface area contributed by atoms with Gasteiger partial charge in [0.15, 0.2) is 0 Å². The summed E-state index contributed by atoms with van der Waals surface area (Å²) in [6, 6.07) is 6.66. The highest BCUT2D eigenvalue weighted by molar-refractivity contribution is 6.01. The van der Waals surface area contributed by atoms with Crippen molar-refractivity contribution >= 4 is 11.6 Å². The van der Waals surface area contributed by atoms with E-state index in [0.717, 1.165) is 25.9 Å². The van der Waals surface area contributed by atoms with Gasteiger partial charge in [-0.2, -0.15) is 8.78 Å². The maximum Gasteiger partial charge on any atom is 0.387 e. The van der Waals surface area contributed by atoms with Crippen LogP contribution < -0.4 is 24.8 Å². The zero-order valence-corrected chi connectivity index (χ0v) is 18.4. The minimum Gasteiger partial charge on any atom is -0.496 e. The van der Waals surface area contributed by atoms with Crippen molar-refractivity contribution in [3.05, 3.63) is 42.2 Å². The Morgan fingerprint density at radius 3 is 2.76 bits per heavy atom. The lowest BCUT2D eigenvalue weighted by atomic mass is 10.1. The number of methoxy groups -OCH3 is 1. The monoisotopic (exact) mass is 460 g/mol. The van der Waals surface area contributed by atoms with Gasteiger partial charge in [0.25, 0.3) is 5.91 Å². The molecule has 176 valence electrons. The van der Waals surface area contributed by atoms with Crippen LogP contribution in [0.3, 0.4) is 0 Å². The fraction of sp³-hybridized carbons (Fsp3) is 0.391. The smallest absolute Gasteiger partial charge is 0.387 e. The number of rotatable bonds is 11. The quantitative estimate of drug-likeness (QED) is 0.426. The van der Waals surface area contributed by atoms with E-state index in [1.165, 1.54) is 13.2 Å². The number of hydrogen-bond donors (Lipinski definition) is 2. The molecule has 0 radical (unpaired) electrons. The number of nitrogens with zero attached hydrogens (tertiary/aromatic N) is 2. The van der Waals surface area contributed by atoms with Crippen molar-refractivity contribution in [1.82, 2.24) is 20.0 Å². The van der Waals surface area contributed by atoms with Crippen LogP contribution in [0, 0.1) is 0 Å². The van der Waals surface area contributed by atoms with Crippen molar-refractivity contribution in [2.75, 3.05) is 26.8 Å². The number of nitrogens with one attached hydrogen (secondary N) is 2. The highest BCUT2D eigenvalue weighted by atomic mass is 19.3. The van der Waals surface area contributed by atoms with E-state index in [9.17, 15) is 13.6 Å². The first-order valence-corrected chi connectivity index (χ1v) is 10.8. The summed E-state index contributed by atoms with van der Waals surface area (Å²) in [6.07, 6.45) is 5.12. The molecule has 0 bridgehead atoms. The first-order chi connectivity index (χ1) is 16.0. The maximum atomic E-state index is 13.2. The molecule has 10 heteroatoms. The molecular formula is C23H26F2N4O4. The van der Waals surface area contributed by atoms with Crippen LogP contribution in [-0.4, -0.2) is 54.8 Å². The highest BCUT2D eigenvalue weighted by Gasteiger charge is 2.29. The van der Waals surface area contributed by atoms with Gasteiger partial charge in [0.2, 0.25) is 0 Å². The number of imidazole rings is 1. The van der Waals surface area contributed by atoms with Gasteiger partial charge in [-0.3, -0.25) is 9.20 Å². The number of carbonyl (C=O) groups excluding carboxylic acids is 1. The molecule has 0 aliphatic heterocycles. The van der Waals surface area contributed by atoms with Gasteiger partial charge in [-0.05, 0) is 37.6 Å². The Hall–Kier alpha value is -3.40. The van der Waals surface area contributed by atoms with Crippen LogP contribution >= 0.6 is 0 Å². The van der Waals surface area contributed by atoms with E-state index >= 15 is 0 Å². The predicted octanol–water partition coefficient (Wildman–Crippen LogP) is 3.49. The number of fused-ring (bicyclic) bond motifs is 1. The Bertz CT molecular complexity index is 1130. The number of amides is 1. The number of aromatic nitrogens is 2. The summed E-state index contributed by atoms with van der Waals surface area (Å²) in [7, 11) is 1.38. The van der Waals surface area contributed by atoms with E-state index in [2.05, 4.69) is 15.6 Å². The summed E-state index contributed by atoms with van der Waals surface area (Å²) in [5, 5.41) is 5.98. The summed E-state index contributed by atoms with van der Waals surface area (Å²) in [5.74, 6) is 0.0495. The van der Waals surface area contributed by atoms with Crippen LogP contribution in [0.1, 0.15) is 30.1 Å². The van der Waals surface area contributed by atoms with Gasteiger partial charge in [0, 0.05) is 30.4 Å². The van der Waals surface area contributed by atoms with Crippen molar-refractivity contribution in [2.45, 2.75) is 32.4 Å². The zero-order valence-electron chi connectivity index (χ0n) is 18.4. The Morgan fingerprint density at radius 1 is 1.27 bits per heavy atom. The molecule has 0 spiro atoms. The third kappa shape index (κ3) is 5.33. The second-order valence-corrected chi connectivity index (χ2v) is 7.61. The molecule has 2 aromatic heterocycles. The lowest BCUT2D eigenvalue weighted by Gasteiger charge is -2.16. The average molecular weight is 460 g/mol. The predicted molar refractivity (Wildman–Crippen MR) is 118 cm³/mol. The van der Waals surface area contributed by atoms with Crippen molar-refractivity contribution in [3.8, 4) is 28.5 Å². The number of carbonyl (C=O) groups is 1. The second kappa shape index (κ2) is 10.0. The number of ether oxygens (including phenoxy) is 3. The normalized spacial score (nSPS) is 13.4. The number of hydrogen-bond acceptors (Lipinski definition) is 6. The molecule has 1 amide bonds. The van der Waals surface area contributed by atoms with E-state index in [4.69, 9.17) is 14.2 Å². The van der Waals surface area contributed by atoms with Crippen LogP contribution in [0.5, 0.6) is 17.2 Å². The van der Waals surface area contributed by atoms with E-state index in [1.807, 2.05) is 6.92 Å². The molecule has 33 heavy (non-hydrogen) atoms. The van der Waals surface area contributed by atoms with Crippen LogP contribution in [0.15, 0.2) is 36.7 Å². The summed E-state index contributed by atoms with van der Waals surface area (Å²) in [4.78, 5) is 17.1. The summed E-state index contributed by atoms with van der Waals surface area (Å²) < 4.78 is 43.9. The highest BCUT2D eigenvalue weighted by Crippen LogP contribution is 2.37. The molecule has 0 saturated heterocycles.